The smallest absolute Gasteiger partial charge is 0.203 e. The molecule has 0 amide bonds. The third-order valence-corrected chi connectivity index (χ3v) is 3.99. The first-order chi connectivity index (χ1) is 12.1. The van der Waals surface area contributed by atoms with E-state index in [0.717, 1.165) is 28.2 Å². The maximum Gasteiger partial charge on any atom is 0.203 e. The van der Waals surface area contributed by atoms with E-state index in [4.69, 9.17) is 23.7 Å². The third kappa shape index (κ3) is 3.82. The highest BCUT2D eigenvalue weighted by Gasteiger charge is 2.18. The number of methoxy groups -OCH3 is 5. The van der Waals surface area contributed by atoms with E-state index in [2.05, 4.69) is 0 Å². The zero-order valence-electron chi connectivity index (χ0n) is 15.5. The summed E-state index contributed by atoms with van der Waals surface area (Å²) in [4.78, 5) is 0. The largest absolute Gasteiger partial charge is 0.501 e. The van der Waals surface area contributed by atoms with Crippen LogP contribution in [0.1, 0.15) is 18.1 Å². The Bertz CT molecular complexity index is 722. The number of hydrogen-bond acceptors (Lipinski definition) is 5. The van der Waals surface area contributed by atoms with Gasteiger partial charge in [-0.3, -0.25) is 0 Å². The first-order valence-corrected chi connectivity index (χ1v) is 7.79. The molecule has 0 N–H and O–H groups in total. The summed E-state index contributed by atoms with van der Waals surface area (Å²) in [5, 5.41) is 0. The van der Waals surface area contributed by atoms with Crippen LogP contribution >= 0.6 is 0 Å². The van der Waals surface area contributed by atoms with Gasteiger partial charge in [0, 0.05) is 5.57 Å². The lowest BCUT2D eigenvalue weighted by Crippen LogP contribution is -1.99. The summed E-state index contributed by atoms with van der Waals surface area (Å²) < 4.78 is 27.1. The monoisotopic (exact) mass is 344 g/mol. The Morgan fingerprint density at radius 1 is 0.680 bits per heavy atom. The molecule has 0 fully saturated rings. The molecule has 0 bridgehead atoms. The molecule has 0 unspecified atom stereocenters. The fourth-order valence-electron chi connectivity index (χ4n) is 2.66. The van der Waals surface area contributed by atoms with E-state index in [9.17, 15) is 0 Å². The van der Waals surface area contributed by atoms with E-state index in [1.807, 2.05) is 43.3 Å². The molecule has 134 valence electrons. The first-order valence-electron chi connectivity index (χ1n) is 7.79. The van der Waals surface area contributed by atoms with Crippen LogP contribution in [0.4, 0.5) is 0 Å². The van der Waals surface area contributed by atoms with E-state index < -0.39 is 0 Å². The second-order valence-electron chi connectivity index (χ2n) is 5.28. The lowest BCUT2D eigenvalue weighted by atomic mass is 9.96. The molecular weight excluding hydrogens is 320 g/mol. The van der Waals surface area contributed by atoms with Gasteiger partial charge in [-0.2, -0.15) is 0 Å². The molecule has 2 aromatic carbocycles. The van der Waals surface area contributed by atoms with E-state index >= 15 is 0 Å². The normalized spacial score (nSPS) is 11.4. The first kappa shape index (κ1) is 18.5. The van der Waals surface area contributed by atoms with E-state index in [1.165, 1.54) is 0 Å². The minimum absolute atomic E-state index is 0.554. The maximum absolute atomic E-state index is 5.52. The highest BCUT2D eigenvalue weighted by Crippen LogP contribution is 2.42. The van der Waals surface area contributed by atoms with Crippen molar-refractivity contribution in [1.82, 2.24) is 0 Å². The zero-order valence-corrected chi connectivity index (χ0v) is 15.5. The molecule has 0 atom stereocenters. The summed E-state index contributed by atoms with van der Waals surface area (Å²) in [6.07, 6.45) is 0. The topological polar surface area (TPSA) is 46.2 Å². The number of benzene rings is 2. The van der Waals surface area contributed by atoms with Crippen molar-refractivity contribution >= 4 is 5.57 Å². The number of allylic oxidation sites excluding steroid dienone is 1. The van der Waals surface area contributed by atoms with Crippen molar-refractivity contribution in [2.24, 2.45) is 0 Å². The molecule has 5 heteroatoms. The molecule has 0 aliphatic heterocycles. The number of ether oxygens (including phenoxy) is 5. The molecule has 0 radical (unpaired) electrons. The van der Waals surface area contributed by atoms with Crippen molar-refractivity contribution in [3.05, 3.63) is 53.3 Å². The van der Waals surface area contributed by atoms with Crippen LogP contribution in [0.3, 0.4) is 0 Å². The SMILES string of the molecule is CO/C(C)=C(\c1ccc(OC)cc1)c1cc(OC)c(OC)c(OC)c1. The lowest BCUT2D eigenvalue weighted by molar-refractivity contribution is 0.296. The Hall–Kier alpha value is -2.82. The molecule has 0 saturated heterocycles. The van der Waals surface area contributed by atoms with E-state index in [1.54, 1.807) is 35.5 Å². The Kier molecular flexibility index (Phi) is 6.17. The molecule has 0 aliphatic carbocycles. The predicted octanol–water partition coefficient (Wildman–Crippen LogP) is 4.15. The minimum Gasteiger partial charge on any atom is -0.501 e. The van der Waals surface area contributed by atoms with Crippen molar-refractivity contribution in [2.75, 3.05) is 35.5 Å². The molecule has 0 aromatic heterocycles. The van der Waals surface area contributed by atoms with Gasteiger partial charge < -0.3 is 23.7 Å². The quantitative estimate of drug-likeness (QED) is 0.706. The van der Waals surface area contributed by atoms with Gasteiger partial charge >= 0.3 is 0 Å². The molecule has 0 saturated carbocycles. The Labute approximate surface area is 148 Å². The zero-order chi connectivity index (χ0) is 18.4. The van der Waals surface area contributed by atoms with Crippen molar-refractivity contribution in [3.63, 3.8) is 0 Å². The second kappa shape index (κ2) is 8.33. The fraction of sp³-hybridized carbons (Fsp3) is 0.300. The Morgan fingerprint density at radius 3 is 1.64 bits per heavy atom. The molecule has 5 nitrogen and oxygen atoms in total. The van der Waals surface area contributed by atoms with Gasteiger partial charge in [0.15, 0.2) is 11.5 Å². The molecule has 2 aromatic rings. The van der Waals surface area contributed by atoms with E-state index in [-0.39, 0.29) is 0 Å². The van der Waals surface area contributed by atoms with Gasteiger partial charge in [-0.05, 0) is 42.3 Å². The minimum atomic E-state index is 0.554. The Balaban J connectivity index is 2.67. The summed E-state index contributed by atoms with van der Waals surface area (Å²) >= 11 is 0. The maximum atomic E-state index is 5.52. The fourth-order valence-corrected chi connectivity index (χ4v) is 2.66. The van der Waals surface area contributed by atoms with Crippen LogP contribution in [0.5, 0.6) is 23.0 Å². The highest BCUT2D eigenvalue weighted by molar-refractivity contribution is 5.83. The lowest BCUT2D eigenvalue weighted by Gasteiger charge is -2.17. The van der Waals surface area contributed by atoms with Gasteiger partial charge in [-0.25, -0.2) is 0 Å². The summed E-state index contributed by atoms with van der Waals surface area (Å²) in [6.45, 7) is 1.92. The van der Waals surface area contributed by atoms with Crippen LogP contribution in [-0.4, -0.2) is 35.5 Å². The molecular formula is C20H24O5. The van der Waals surface area contributed by atoms with Gasteiger partial charge in [0.2, 0.25) is 5.75 Å². The molecule has 0 heterocycles. The predicted molar refractivity (Wildman–Crippen MR) is 97.8 cm³/mol. The van der Waals surface area contributed by atoms with Crippen LogP contribution in [0.25, 0.3) is 5.57 Å². The average molecular weight is 344 g/mol. The van der Waals surface area contributed by atoms with Crippen LogP contribution < -0.4 is 18.9 Å². The summed E-state index contributed by atoms with van der Waals surface area (Å²) in [5.74, 6) is 3.30. The van der Waals surface area contributed by atoms with Crippen LogP contribution in [0.2, 0.25) is 0 Å². The summed E-state index contributed by atoms with van der Waals surface area (Å²) in [7, 11) is 8.07. The van der Waals surface area contributed by atoms with E-state index in [0.29, 0.717) is 17.2 Å². The number of hydrogen-bond donors (Lipinski definition) is 0. The number of rotatable bonds is 7. The van der Waals surface area contributed by atoms with Gasteiger partial charge in [-0.15, -0.1) is 0 Å². The van der Waals surface area contributed by atoms with Gasteiger partial charge in [0.1, 0.15) is 11.5 Å². The Morgan fingerprint density at radius 2 is 1.24 bits per heavy atom. The highest BCUT2D eigenvalue weighted by atomic mass is 16.5. The molecule has 0 spiro atoms. The van der Waals surface area contributed by atoms with Crippen LogP contribution in [0.15, 0.2) is 42.2 Å². The summed E-state index contributed by atoms with van der Waals surface area (Å²) in [6, 6.07) is 11.6. The molecule has 25 heavy (non-hydrogen) atoms. The van der Waals surface area contributed by atoms with Gasteiger partial charge in [0.05, 0.1) is 35.5 Å². The van der Waals surface area contributed by atoms with Crippen molar-refractivity contribution in [3.8, 4) is 23.0 Å². The summed E-state index contributed by atoms with van der Waals surface area (Å²) in [5.41, 5.74) is 2.83. The molecule has 0 aliphatic rings. The second-order valence-corrected chi connectivity index (χ2v) is 5.28. The van der Waals surface area contributed by atoms with Crippen LogP contribution in [0, 0.1) is 0 Å². The third-order valence-electron chi connectivity index (χ3n) is 3.99. The van der Waals surface area contributed by atoms with Gasteiger partial charge in [-0.1, -0.05) is 12.1 Å². The van der Waals surface area contributed by atoms with Crippen molar-refractivity contribution in [1.29, 1.82) is 0 Å². The van der Waals surface area contributed by atoms with Crippen molar-refractivity contribution < 1.29 is 23.7 Å². The standard InChI is InChI=1S/C20H24O5/c1-13(21-2)19(14-7-9-16(22-3)10-8-14)15-11-17(23-4)20(25-6)18(12-15)24-5/h7-12H,1-6H3/b19-13+. The average Bonchev–Trinajstić information content (AvgIpc) is 2.67. The van der Waals surface area contributed by atoms with Gasteiger partial charge in [0.25, 0.3) is 0 Å². The van der Waals surface area contributed by atoms with Crippen molar-refractivity contribution in [2.45, 2.75) is 6.92 Å². The molecule has 2 rings (SSSR count). The van der Waals surface area contributed by atoms with Crippen LogP contribution in [-0.2, 0) is 4.74 Å².